The molecule has 5 nitrogen and oxygen atoms in total. The van der Waals surface area contributed by atoms with Crippen molar-refractivity contribution in [1.29, 1.82) is 0 Å². The summed E-state index contributed by atoms with van der Waals surface area (Å²) in [5.41, 5.74) is 3.27. The Labute approximate surface area is 123 Å². The van der Waals surface area contributed by atoms with Gasteiger partial charge in [-0.05, 0) is 12.8 Å². The highest BCUT2D eigenvalue weighted by molar-refractivity contribution is 5.60. The average Bonchev–Trinajstić information content (AvgIpc) is 2.97. The van der Waals surface area contributed by atoms with Crippen molar-refractivity contribution in [2.45, 2.75) is 12.8 Å². The van der Waals surface area contributed by atoms with Crippen LogP contribution in [0.25, 0.3) is 11.8 Å². The van der Waals surface area contributed by atoms with Crippen molar-refractivity contribution in [2.24, 2.45) is 0 Å². The summed E-state index contributed by atoms with van der Waals surface area (Å²) in [6.07, 6.45) is 8.17. The van der Waals surface area contributed by atoms with Gasteiger partial charge >= 0.3 is 0 Å². The van der Waals surface area contributed by atoms with Gasteiger partial charge in [-0.1, -0.05) is 12.2 Å². The number of fused-ring (bicyclic) bond motifs is 1. The van der Waals surface area contributed by atoms with Gasteiger partial charge in [0.1, 0.15) is 0 Å². The molecule has 1 heterocycles. The molecule has 5 heteroatoms. The van der Waals surface area contributed by atoms with E-state index in [4.69, 9.17) is 14.2 Å². The Kier molecular flexibility index (Phi) is 3.56. The van der Waals surface area contributed by atoms with Crippen LogP contribution in [0.3, 0.4) is 0 Å². The molecule has 0 fully saturated rings. The summed E-state index contributed by atoms with van der Waals surface area (Å²) in [4.78, 5) is 0. The zero-order chi connectivity index (χ0) is 14.8. The molecule has 21 heavy (non-hydrogen) atoms. The van der Waals surface area contributed by atoms with Crippen LogP contribution in [0, 0.1) is 0 Å². The van der Waals surface area contributed by atoms with Crippen LogP contribution in [-0.2, 0) is 6.42 Å². The summed E-state index contributed by atoms with van der Waals surface area (Å²) in [7, 11) is 4.82. The number of ether oxygens (including phenoxy) is 3. The van der Waals surface area contributed by atoms with Crippen LogP contribution in [0.5, 0.6) is 17.2 Å². The fraction of sp³-hybridized carbons (Fsp3) is 0.312. The first-order valence-electron chi connectivity index (χ1n) is 6.82. The molecule has 0 N–H and O–H groups in total. The largest absolute Gasteiger partial charge is 0.493 e. The SMILES string of the molecule is COc1cc(-n2ncc3c2CCC=C3)cc(OC)c1OC. The number of methoxy groups -OCH3 is 3. The average molecular weight is 286 g/mol. The lowest BCUT2D eigenvalue weighted by molar-refractivity contribution is 0.324. The molecule has 0 radical (unpaired) electrons. The maximum atomic E-state index is 5.40. The quantitative estimate of drug-likeness (QED) is 0.867. The minimum atomic E-state index is 0.588. The number of benzene rings is 1. The van der Waals surface area contributed by atoms with Crippen molar-refractivity contribution >= 4 is 6.08 Å². The molecule has 1 aromatic carbocycles. The molecule has 0 atom stereocenters. The zero-order valence-corrected chi connectivity index (χ0v) is 12.4. The lowest BCUT2D eigenvalue weighted by Gasteiger charge is -2.16. The smallest absolute Gasteiger partial charge is 0.203 e. The molecule has 1 aromatic heterocycles. The highest BCUT2D eigenvalue weighted by Gasteiger charge is 2.18. The summed E-state index contributed by atoms with van der Waals surface area (Å²) in [6.45, 7) is 0. The van der Waals surface area contributed by atoms with Crippen LogP contribution in [0.15, 0.2) is 24.4 Å². The second-order valence-electron chi connectivity index (χ2n) is 4.78. The van der Waals surface area contributed by atoms with Crippen LogP contribution in [0.4, 0.5) is 0 Å². The normalized spacial score (nSPS) is 12.9. The van der Waals surface area contributed by atoms with Gasteiger partial charge in [0, 0.05) is 17.7 Å². The van der Waals surface area contributed by atoms with Gasteiger partial charge in [-0.15, -0.1) is 0 Å². The van der Waals surface area contributed by atoms with E-state index in [1.165, 1.54) is 5.69 Å². The maximum Gasteiger partial charge on any atom is 0.203 e. The zero-order valence-electron chi connectivity index (χ0n) is 12.4. The van der Waals surface area contributed by atoms with E-state index in [9.17, 15) is 0 Å². The third-order valence-electron chi connectivity index (χ3n) is 3.64. The van der Waals surface area contributed by atoms with E-state index in [1.54, 1.807) is 21.3 Å². The molecular formula is C16H18N2O3. The molecule has 0 saturated heterocycles. The number of aromatic nitrogens is 2. The first kappa shape index (κ1) is 13.5. The fourth-order valence-corrected chi connectivity index (χ4v) is 2.62. The van der Waals surface area contributed by atoms with Gasteiger partial charge in [0.25, 0.3) is 0 Å². The minimum absolute atomic E-state index is 0.588. The van der Waals surface area contributed by atoms with Gasteiger partial charge in [-0.2, -0.15) is 5.10 Å². The van der Waals surface area contributed by atoms with Gasteiger partial charge in [0.2, 0.25) is 5.75 Å². The molecule has 0 unspecified atom stereocenters. The summed E-state index contributed by atoms with van der Waals surface area (Å²) in [5, 5.41) is 4.49. The van der Waals surface area contributed by atoms with Gasteiger partial charge in [0.15, 0.2) is 11.5 Å². The van der Waals surface area contributed by atoms with Gasteiger partial charge in [-0.25, -0.2) is 4.68 Å². The highest BCUT2D eigenvalue weighted by atomic mass is 16.5. The van der Waals surface area contributed by atoms with Crippen molar-refractivity contribution in [1.82, 2.24) is 9.78 Å². The van der Waals surface area contributed by atoms with Gasteiger partial charge < -0.3 is 14.2 Å². The van der Waals surface area contributed by atoms with Crippen LogP contribution < -0.4 is 14.2 Å². The third-order valence-corrected chi connectivity index (χ3v) is 3.64. The Hall–Kier alpha value is -2.43. The number of hydrogen-bond donors (Lipinski definition) is 0. The molecule has 2 aromatic rings. The standard InChI is InChI=1S/C16H18N2O3/c1-19-14-8-12(9-15(20-2)16(14)21-3)18-13-7-5-4-6-11(13)10-17-18/h4,6,8-10H,5,7H2,1-3H3. The summed E-state index contributed by atoms with van der Waals surface area (Å²) >= 11 is 0. The summed E-state index contributed by atoms with van der Waals surface area (Å²) in [5.74, 6) is 1.84. The van der Waals surface area contributed by atoms with Gasteiger partial charge in [-0.3, -0.25) is 0 Å². The molecular weight excluding hydrogens is 268 g/mol. The second-order valence-corrected chi connectivity index (χ2v) is 4.78. The molecule has 0 spiro atoms. The monoisotopic (exact) mass is 286 g/mol. The first-order valence-corrected chi connectivity index (χ1v) is 6.82. The van der Waals surface area contributed by atoms with Crippen molar-refractivity contribution in [3.63, 3.8) is 0 Å². The van der Waals surface area contributed by atoms with Crippen LogP contribution >= 0.6 is 0 Å². The Bertz CT molecular complexity index is 664. The number of allylic oxidation sites excluding steroid dienone is 1. The fourth-order valence-electron chi connectivity index (χ4n) is 2.62. The first-order chi connectivity index (χ1) is 10.3. The molecule has 1 aliphatic carbocycles. The van der Waals surface area contributed by atoms with Crippen molar-refractivity contribution in [3.05, 3.63) is 35.7 Å². The molecule has 0 amide bonds. The molecule has 0 bridgehead atoms. The Morgan fingerprint density at radius 3 is 2.38 bits per heavy atom. The van der Waals surface area contributed by atoms with Crippen molar-refractivity contribution in [3.8, 4) is 22.9 Å². The lowest BCUT2D eigenvalue weighted by Crippen LogP contribution is -2.06. The van der Waals surface area contributed by atoms with Crippen LogP contribution in [0.2, 0.25) is 0 Å². The third kappa shape index (κ3) is 2.24. The second kappa shape index (κ2) is 5.52. The molecule has 1 aliphatic rings. The van der Waals surface area contributed by atoms with E-state index in [1.807, 2.05) is 23.0 Å². The number of rotatable bonds is 4. The molecule has 0 aliphatic heterocycles. The van der Waals surface area contributed by atoms with Crippen molar-refractivity contribution < 1.29 is 14.2 Å². The van der Waals surface area contributed by atoms with E-state index < -0.39 is 0 Å². The number of hydrogen-bond acceptors (Lipinski definition) is 4. The minimum Gasteiger partial charge on any atom is -0.493 e. The van der Waals surface area contributed by atoms with E-state index in [2.05, 4.69) is 17.3 Å². The lowest BCUT2D eigenvalue weighted by atomic mass is 10.1. The predicted molar refractivity (Wildman–Crippen MR) is 80.6 cm³/mol. The highest BCUT2D eigenvalue weighted by Crippen LogP contribution is 2.39. The van der Waals surface area contributed by atoms with E-state index in [-0.39, 0.29) is 0 Å². The summed E-state index contributed by atoms with van der Waals surface area (Å²) in [6, 6.07) is 3.82. The topological polar surface area (TPSA) is 45.5 Å². The van der Waals surface area contributed by atoms with E-state index in [0.717, 1.165) is 24.1 Å². The number of nitrogens with zero attached hydrogens (tertiary/aromatic N) is 2. The van der Waals surface area contributed by atoms with Crippen LogP contribution in [-0.4, -0.2) is 31.1 Å². The van der Waals surface area contributed by atoms with E-state index in [0.29, 0.717) is 17.2 Å². The Morgan fingerprint density at radius 2 is 1.76 bits per heavy atom. The Morgan fingerprint density at radius 1 is 1.05 bits per heavy atom. The molecule has 3 rings (SSSR count). The van der Waals surface area contributed by atoms with Crippen LogP contribution in [0.1, 0.15) is 17.7 Å². The molecule has 110 valence electrons. The molecule has 0 saturated carbocycles. The maximum absolute atomic E-state index is 5.40. The predicted octanol–water partition coefficient (Wildman–Crippen LogP) is 2.86. The van der Waals surface area contributed by atoms with E-state index >= 15 is 0 Å². The Balaban J connectivity index is 2.15. The summed E-state index contributed by atoms with van der Waals surface area (Å²) < 4.78 is 18.1. The van der Waals surface area contributed by atoms with Gasteiger partial charge in [0.05, 0.1) is 38.9 Å². The van der Waals surface area contributed by atoms with Crippen molar-refractivity contribution in [2.75, 3.05) is 21.3 Å².